The monoisotopic (exact) mass is 380 g/mol. The molecule has 0 saturated carbocycles. The van der Waals surface area contributed by atoms with Crippen LogP contribution in [-0.4, -0.2) is 25.6 Å². The van der Waals surface area contributed by atoms with Gasteiger partial charge in [-0.3, -0.25) is 4.79 Å². The van der Waals surface area contributed by atoms with E-state index in [-0.39, 0.29) is 5.78 Å². The average Bonchev–Trinajstić information content (AvgIpc) is 2.70. The van der Waals surface area contributed by atoms with Crippen LogP contribution in [0.1, 0.15) is 42.3 Å². The van der Waals surface area contributed by atoms with Crippen molar-refractivity contribution in [2.24, 2.45) is 0 Å². The minimum atomic E-state index is -0.0790. The first-order valence-corrected chi connectivity index (χ1v) is 9.61. The fourth-order valence-corrected chi connectivity index (χ4v) is 2.78. The van der Waals surface area contributed by atoms with Gasteiger partial charge in [0, 0.05) is 17.2 Å². The molecular weight excluding hydrogens is 352 g/mol. The molecule has 0 fully saturated rings. The number of hydrogen-bond donors (Lipinski definition) is 0. The van der Waals surface area contributed by atoms with Gasteiger partial charge in [0.05, 0.1) is 19.8 Å². The minimum absolute atomic E-state index is 0.0790. The van der Waals surface area contributed by atoms with Crippen LogP contribution >= 0.6 is 0 Å². The van der Waals surface area contributed by atoms with Gasteiger partial charge in [-0.15, -0.1) is 6.58 Å². The molecule has 148 valence electrons. The Kier molecular flexibility index (Phi) is 8.35. The van der Waals surface area contributed by atoms with Crippen LogP contribution in [0.25, 0.3) is 6.08 Å². The van der Waals surface area contributed by atoms with Gasteiger partial charge in [0.25, 0.3) is 0 Å². The van der Waals surface area contributed by atoms with Crippen molar-refractivity contribution in [1.82, 2.24) is 0 Å². The summed E-state index contributed by atoms with van der Waals surface area (Å²) in [6.45, 7) is 11.3. The van der Waals surface area contributed by atoms with E-state index in [1.54, 1.807) is 36.4 Å². The summed E-state index contributed by atoms with van der Waals surface area (Å²) in [5, 5.41) is 0. The van der Waals surface area contributed by atoms with Gasteiger partial charge in [0.1, 0.15) is 17.2 Å². The Hall–Kier alpha value is -3.01. The highest BCUT2D eigenvalue weighted by atomic mass is 16.5. The number of allylic oxidation sites excluding steroid dienone is 2. The van der Waals surface area contributed by atoms with Crippen LogP contribution in [0.4, 0.5) is 0 Å². The fourth-order valence-electron chi connectivity index (χ4n) is 2.78. The second-order valence-electron chi connectivity index (χ2n) is 6.01. The molecule has 0 heterocycles. The highest BCUT2D eigenvalue weighted by Crippen LogP contribution is 2.31. The Bertz CT molecular complexity index is 819. The highest BCUT2D eigenvalue weighted by molar-refractivity contribution is 6.07. The SMILES string of the molecule is C=CCc1cc(C=CC(=O)c2ccc(OCC)cc2)c(OCC)cc1OCC. The lowest BCUT2D eigenvalue weighted by molar-refractivity contribution is 0.104. The number of benzene rings is 2. The molecule has 0 N–H and O–H groups in total. The van der Waals surface area contributed by atoms with Gasteiger partial charge in [-0.2, -0.15) is 0 Å². The molecular formula is C24H28O4. The van der Waals surface area contributed by atoms with E-state index in [9.17, 15) is 4.79 Å². The largest absolute Gasteiger partial charge is 0.494 e. The van der Waals surface area contributed by atoms with Crippen molar-refractivity contribution in [3.05, 3.63) is 71.8 Å². The summed E-state index contributed by atoms with van der Waals surface area (Å²) in [5.41, 5.74) is 2.45. The Balaban J connectivity index is 2.29. The second-order valence-corrected chi connectivity index (χ2v) is 6.01. The summed E-state index contributed by atoms with van der Waals surface area (Å²) in [5.74, 6) is 2.14. The summed E-state index contributed by atoms with van der Waals surface area (Å²) in [4.78, 5) is 12.5. The summed E-state index contributed by atoms with van der Waals surface area (Å²) < 4.78 is 16.9. The lowest BCUT2D eigenvalue weighted by Gasteiger charge is -2.14. The van der Waals surface area contributed by atoms with Gasteiger partial charge in [-0.05, 0) is 75.2 Å². The Labute approximate surface area is 167 Å². The molecule has 0 saturated heterocycles. The molecule has 0 amide bonds. The first-order chi connectivity index (χ1) is 13.6. The quantitative estimate of drug-likeness (QED) is 0.293. The van der Waals surface area contributed by atoms with Crippen LogP contribution in [0.5, 0.6) is 17.2 Å². The van der Waals surface area contributed by atoms with Crippen molar-refractivity contribution in [2.75, 3.05) is 19.8 Å². The van der Waals surface area contributed by atoms with Crippen molar-refractivity contribution in [3.63, 3.8) is 0 Å². The van der Waals surface area contributed by atoms with E-state index in [0.717, 1.165) is 22.6 Å². The number of rotatable bonds is 11. The molecule has 0 bridgehead atoms. The predicted octanol–water partition coefficient (Wildman–Crippen LogP) is 5.51. The smallest absolute Gasteiger partial charge is 0.185 e. The summed E-state index contributed by atoms with van der Waals surface area (Å²) in [6.07, 6.45) is 5.85. The second kappa shape index (κ2) is 11.0. The summed E-state index contributed by atoms with van der Waals surface area (Å²) >= 11 is 0. The molecule has 2 aromatic carbocycles. The van der Waals surface area contributed by atoms with E-state index in [2.05, 4.69) is 6.58 Å². The maximum absolute atomic E-state index is 12.5. The van der Waals surface area contributed by atoms with Crippen molar-refractivity contribution >= 4 is 11.9 Å². The van der Waals surface area contributed by atoms with Crippen molar-refractivity contribution in [2.45, 2.75) is 27.2 Å². The number of carbonyl (C=O) groups is 1. The zero-order chi connectivity index (χ0) is 20.4. The number of ether oxygens (including phenoxy) is 3. The van der Waals surface area contributed by atoms with Gasteiger partial charge in [-0.25, -0.2) is 0 Å². The standard InChI is InChI=1S/C24H28O4/c1-5-9-19-16-20(24(28-8-4)17-23(19)27-7-3)12-15-22(25)18-10-13-21(14-11-18)26-6-2/h5,10-17H,1,6-9H2,2-4H3. The third-order valence-electron chi connectivity index (χ3n) is 4.02. The molecule has 0 radical (unpaired) electrons. The zero-order valence-corrected chi connectivity index (χ0v) is 16.9. The normalized spacial score (nSPS) is 10.7. The van der Waals surface area contributed by atoms with Gasteiger partial charge in [0.15, 0.2) is 5.78 Å². The number of carbonyl (C=O) groups excluding carboxylic acids is 1. The van der Waals surface area contributed by atoms with Gasteiger partial charge >= 0.3 is 0 Å². The maximum Gasteiger partial charge on any atom is 0.185 e. The Morgan fingerprint density at radius 3 is 2.18 bits per heavy atom. The van der Waals surface area contributed by atoms with Gasteiger partial charge in [0.2, 0.25) is 0 Å². The molecule has 0 aromatic heterocycles. The van der Waals surface area contributed by atoms with E-state index in [0.29, 0.717) is 37.6 Å². The molecule has 28 heavy (non-hydrogen) atoms. The van der Waals surface area contributed by atoms with E-state index < -0.39 is 0 Å². The van der Waals surface area contributed by atoms with E-state index >= 15 is 0 Å². The van der Waals surface area contributed by atoms with Crippen LogP contribution in [-0.2, 0) is 6.42 Å². The van der Waals surface area contributed by atoms with Crippen LogP contribution in [0.2, 0.25) is 0 Å². The fraction of sp³-hybridized carbons (Fsp3) is 0.292. The summed E-state index contributed by atoms with van der Waals surface area (Å²) in [7, 11) is 0. The van der Waals surface area contributed by atoms with E-state index in [4.69, 9.17) is 14.2 Å². The highest BCUT2D eigenvalue weighted by Gasteiger charge is 2.11. The van der Waals surface area contributed by atoms with Crippen LogP contribution < -0.4 is 14.2 Å². The van der Waals surface area contributed by atoms with Crippen LogP contribution in [0.15, 0.2) is 55.1 Å². The van der Waals surface area contributed by atoms with Crippen LogP contribution in [0, 0.1) is 0 Å². The van der Waals surface area contributed by atoms with Crippen molar-refractivity contribution in [1.29, 1.82) is 0 Å². The molecule has 0 atom stereocenters. The maximum atomic E-state index is 12.5. The topological polar surface area (TPSA) is 44.8 Å². The first kappa shape index (κ1) is 21.3. The van der Waals surface area contributed by atoms with Crippen molar-refractivity contribution < 1.29 is 19.0 Å². The van der Waals surface area contributed by atoms with Crippen LogP contribution in [0.3, 0.4) is 0 Å². The van der Waals surface area contributed by atoms with Crippen molar-refractivity contribution in [3.8, 4) is 17.2 Å². The van der Waals surface area contributed by atoms with Gasteiger partial charge < -0.3 is 14.2 Å². The van der Waals surface area contributed by atoms with E-state index in [1.165, 1.54) is 0 Å². The Morgan fingerprint density at radius 2 is 1.57 bits per heavy atom. The molecule has 4 heteroatoms. The lowest BCUT2D eigenvalue weighted by atomic mass is 10.0. The molecule has 2 rings (SSSR count). The third-order valence-corrected chi connectivity index (χ3v) is 4.02. The average molecular weight is 380 g/mol. The molecule has 4 nitrogen and oxygen atoms in total. The molecule has 0 unspecified atom stereocenters. The Morgan fingerprint density at radius 1 is 0.929 bits per heavy atom. The lowest BCUT2D eigenvalue weighted by Crippen LogP contribution is -2.01. The third kappa shape index (κ3) is 5.74. The zero-order valence-electron chi connectivity index (χ0n) is 16.9. The van der Waals surface area contributed by atoms with Gasteiger partial charge in [-0.1, -0.05) is 6.08 Å². The summed E-state index contributed by atoms with van der Waals surface area (Å²) in [6, 6.07) is 11.0. The van der Waals surface area contributed by atoms with E-state index in [1.807, 2.05) is 39.0 Å². The number of ketones is 1. The molecule has 0 aliphatic rings. The molecule has 0 aliphatic heterocycles. The predicted molar refractivity (Wildman–Crippen MR) is 114 cm³/mol. The molecule has 0 aliphatic carbocycles. The molecule has 0 spiro atoms. The molecule has 2 aromatic rings. The number of hydrogen-bond acceptors (Lipinski definition) is 4. The minimum Gasteiger partial charge on any atom is -0.494 e. The first-order valence-electron chi connectivity index (χ1n) is 9.61.